The molecule has 0 heterocycles. The van der Waals surface area contributed by atoms with E-state index in [4.69, 9.17) is 28.9 Å². The molecule has 6 heteroatoms. The number of aliphatic hydroxyl groups is 1. The molecule has 0 saturated heterocycles. The van der Waals surface area contributed by atoms with Gasteiger partial charge in [0.2, 0.25) is 5.91 Å². The van der Waals surface area contributed by atoms with Crippen molar-refractivity contribution in [1.29, 1.82) is 0 Å². The third-order valence-corrected chi connectivity index (χ3v) is 3.20. The summed E-state index contributed by atoms with van der Waals surface area (Å²) in [6.45, 7) is 3.78. The van der Waals surface area contributed by atoms with Crippen molar-refractivity contribution in [1.82, 2.24) is 5.32 Å². The Morgan fingerprint density at radius 3 is 2.32 bits per heavy atom. The van der Waals surface area contributed by atoms with Crippen molar-refractivity contribution in [3.8, 4) is 0 Å². The van der Waals surface area contributed by atoms with E-state index in [1.165, 1.54) is 0 Å². The van der Waals surface area contributed by atoms with Crippen LogP contribution in [0.3, 0.4) is 0 Å². The topological polar surface area (TPSA) is 75.4 Å². The molecule has 19 heavy (non-hydrogen) atoms. The quantitative estimate of drug-likeness (QED) is 0.780. The molecule has 0 saturated carbocycles. The zero-order valence-corrected chi connectivity index (χ0v) is 12.4. The molecule has 0 fully saturated rings. The summed E-state index contributed by atoms with van der Waals surface area (Å²) in [5.74, 6) is -0.250. The Morgan fingerprint density at radius 2 is 1.84 bits per heavy atom. The number of hydrogen-bond donors (Lipinski definition) is 3. The monoisotopic (exact) mass is 304 g/mol. The Morgan fingerprint density at radius 1 is 1.32 bits per heavy atom. The maximum atomic E-state index is 11.7. The van der Waals surface area contributed by atoms with Crippen LogP contribution in [-0.4, -0.2) is 23.6 Å². The molecule has 1 rings (SSSR count). The summed E-state index contributed by atoms with van der Waals surface area (Å²) in [7, 11) is 0. The van der Waals surface area contributed by atoms with Gasteiger partial charge >= 0.3 is 0 Å². The van der Waals surface area contributed by atoms with Gasteiger partial charge in [-0.15, -0.1) is 0 Å². The van der Waals surface area contributed by atoms with Crippen molar-refractivity contribution >= 4 is 29.1 Å². The van der Waals surface area contributed by atoms with Crippen LogP contribution in [0.4, 0.5) is 0 Å². The first-order valence-electron chi connectivity index (χ1n) is 5.98. The Kier molecular flexibility index (Phi) is 6.07. The minimum Gasteiger partial charge on any atom is -0.387 e. The number of halogens is 2. The number of hydrogen-bond acceptors (Lipinski definition) is 3. The van der Waals surface area contributed by atoms with Gasteiger partial charge in [-0.25, -0.2) is 0 Å². The summed E-state index contributed by atoms with van der Waals surface area (Å²) >= 11 is 11.7. The van der Waals surface area contributed by atoms with Crippen molar-refractivity contribution in [2.24, 2.45) is 11.7 Å². The van der Waals surface area contributed by atoms with E-state index < -0.39 is 12.1 Å². The normalized spacial score (nSPS) is 14.3. The number of benzene rings is 1. The minimum absolute atomic E-state index is 0.0396. The highest BCUT2D eigenvalue weighted by molar-refractivity contribution is 6.34. The molecule has 1 unspecified atom stereocenters. The van der Waals surface area contributed by atoms with Gasteiger partial charge in [-0.3, -0.25) is 4.79 Å². The van der Waals surface area contributed by atoms with E-state index in [0.717, 1.165) is 0 Å². The molecule has 106 valence electrons. The van der Waals surface area contributed by atoms with E-state index in [1.54, 1.807) is 18.2 Å². The Hall–Kier alpha value is -0.810. The lowest BCUT2D eigenvalue weighted by Crippen LogP contribution is -2.45. The smallest absolute Gasteiger partial charge is 0.237 e. The highest BCUT2D eigenvalue weighted by Gasteiger charge is 2.18. The van der Waals surface area contributed by atoms with E-state index in [1.807, 2.05) is 13.8 Å². The number of nitrogens with two attached hydrogens (primary N) is 1. The highest BCUT2D eigenvalue weighted by atomic mass is 35.5. The van der Waals surface area contributed by atoms with E-state index in [0.29, 0.717) is 15.6 Å². The van der Waals surface area contributed by atoms with E-state index in [-0.39, 0.29) is 18.4 Å². The van der Waals surface area contributed by atoms with Gasteiger partial charge in [0.15, 0.2) is 0 Å². The summed E-state index contributed by atoms with van der Waals surface area (Å²) in [5.41, 5.74) is 6.25. The Labute approximate surface area is 122 Å². The van der Waals surface area contributed by atoms with Crippen molar-refractivity contribution in [2.45, 2.75) is 26.0 Å². The third-order valence-electron chi connectivity index (χ3n) is 2.76. The number of carbonyl (C=O) groups excluding carboxylic acids is 1. The molecule has 1 amide bonds. The first-order chi connectivity index (χ1) is 8.81. The number of rotatable bonds is 5. The lowest BCUT2D eigenvalue weighted by molar-refractivity contribution is -0.123. The van der Waals surface area contributed by atoms with Crippen molar-refractivity contribution < 1.29 is 9.90 Å². The number of amides is 1. The molecule has 0 aliphatic carbocycles. The molecule has 4 N–H and O–H groups in total. The Balaban J connectivity index is 2.60. The summed E-state index contributed by atoms with van der Waals surface area (Å²) < 4.78 is 0. The predicted molar refractivity (Wildman–Crippen MR) is 77.2 cm³/mol. The van der Waals surface area contributed by atoms with E-state index in [2.05, 4.69) is 5.32 Å². The van der Waals surface area contributed by atoms with Gasteiger partial charge in [-0.1, -0.05) is 37.0 Å². The van der Waals surface area contributed by atoms with Crippen molar-refractivity contribution in [3.63, 3.8) is 0 Å². The molecule has 0 bridgehead atoms. The second kappa shape index (κ2) is 7.10. The molecule has 0 aliphatic rings. The molecule has 0 radical (unpaired) electrons. The van der Waals surface area contributed by atoms with Crippen LogP contribution in [0.1, 0.15) is 25.5 Å². The van der Waals surface area contributed by atoms with Crippen LogP contribution in [-0.2, 0) is 4.79 Å². The van der Waals surface area contributed by atoms with Gasteiger partial charge in [0, 0.05) is 16.6 Å². The van der Waals surface area contributed by atoms with Crippen LogP contribution >= 0.6 is 23.2 Å². The molecule has 1 aromatic carbocycles. The van der Waals surface area contributed by atoms with Crippen LogP contribution < -0.4 is 11.1 Å². The number of carbonyl (C=O) groups is 1. The van der Waals surface area contributed by atoms with Crippen LogP contribution in [0.2, 0.25) is 10.0 Å². The Bertz CT molecular complexity index is 432. The molecule has 0 aliphatic heterocycles. The highest BCUT2D eigenvalue weighted by Crippen LogP contribution is 2.23. The van der Waals surface area contributed by atoms with E-state index >= 15 is 0 Å². The maximum absolute atomic E-state index is 11.7. The standard InChI is InChI=1S/C13H18Cl2N2O2/c1-7(2)12(16)13(19)17-6-11(18)8-3-9(14)5-10(15)4-8/h3-5,7,11-12,18H,6,16H2,1-2H3,(H,17,19)/t11?,12-/m0/s1. The lowest BCUT2D eigenvalue weighted by Gasteiger charge is -2.18. The second-order valence-electron chi connectivity index (χ2n) is 4.73. The summed E-state index contributed by atoms with van der Waals surface area (Å²) in [6.07, 6.45) is -0.875. The van der Waals surface area contributed by atoms with Crippen LogP contribution in [0.25, 0.3) is 0 Å². The fraction of sp³-hybridized carbons (Fsp3) is 0.462. The van der Waals surface area contributed by atoms with Crippen molar-refractivity contribution in [2.75, 3.05) is 6.54 Å². The van der Waals surface area contributed by atoms with Crippen LogP contribution in [0.5, 0.6) is 0 Å². The van der Waals surface area contributed by atoms with Gasteiger partial charge in [-0.05, 0) is 29.7 Å². The first-order valence-corrected chi connectivity index (χ1v) is 6.74. The number of aliphatic hydroxyl groups excluding tert-OH is 1. The molecule has 0 aromatic heterocycles. The molecule has 4 nitrogen and oxygen atoms in total. The summed E-state index contributed by atoms with van der Waals surface area (Å²) in [6, 6.07) is 4.20. The zero-order valence-electron chi connectivity index (χ0n) is 10.9. The second-order valence-corrected chi connectivity index (χ2v) is 5.61. The van der Waals surface area contributed by atoms with Gasteiger partial charge < -0.3 is 16.2 Å². The zero-order chi connectivity index (χ0) is 14.6. The van der Waals surface area contributed by atoms with Crippen LogP contribution in [0, 0.1) is 5.92 Å². The third kappa shape index (κ3) is 4.99. The summed E-state index contributed by atoms with van der Waals surface area (Å²) in [4.78, 5) is 11.7. The fourth-order valence-electron chi connectivity index (χ4n) is 1.50. The molecule has 0 spiro atoms. The SMILES string of the molecule is CC(C)[C@H](N)C(=O)NCC(O)c1cc(Cl)cc(Cl)c1. The van der Waals surface area contributed by atoms with Crippen LogP contribution in [0.15, 0.2) is 18.2 Å². The molecule has 1 aromatic rings. The predicted octanol–water partition coefficient (Wildman–Crippen LogP) is 2.13. The average Bonchev–Trinajstić information content (AvgIpc) is 2.33. The van der Waals surface area contributed by atoms with Gasteiger partial charge in [0.25, 0.3) is 0 Å². The van der Waals surface area contributed by atoms with Gasteiger partial charge in [0.1, 0.15) is 0 Å². The average molecular weight is 305 g/mol. The first kappa shape index (κ1) is 16.2. The fourth-order valence-corrected chi connectivity index (χ4v) is 2.05. The molecular formula is C13H18Cl2N2O2. The van der Waals surface area contributed by atoms with Gasteiger partial charge in [-0.2, -0.15) is 0 Å². The largest absolute Gasteiger partial charge is 0.387 e. The number of nitrogens with one attached hydrogen (secondary N) is 1. The van der Waals surface area contributed by atoms with Crippen molar-refractivity contribution in [3.05, 3.63) is 33.8 Å². The van der Waals surface area contributed by atoms with E-state index in [9.17, 15) is 9.90 Å². The lowest BCUT2D eigenvalue weighted by atomic mass is 10.0. The van der Waals surface area contributed by atoms with Gasteiger partial charge in [0.05, 0.1) is 12.1 Å². The summed E-state index contributed by atoms with van der Waals surface area (Å²) in [5, 5.41) is 13.4. The maximum Gasteiger partial charge on any atom is 0.237 e. The minimum atomic E-state index is -0.875. The molecular weight excluding hydrogens is 287 g/mol. The molecule has 2 atom stereocenters.